The molecule has 0 atom stereocenters. The number of oxazole rings is 1. The molecule has 0 spiro atoms. The maximum atomic E-state index is 12.4. The molecular weight excluding hydrogens is 387 g/mol. The summed E-state index contributed by atoms with van der Waals surface area (Å²) in [6, 6.07) is 12.2. The second kappa shape index (κ2) is 8.93. The van der Waals surface area contributed by atoms with Gasteiger partial charge in [-0.15, -0.1) is 0 Å². The van der Waals surface area contributed by atoms with Crippen LogP contribution in [0.4, 0.5) is 5.69 Å². The van der Waals surface area contributed by atoms with Crippen LogP contribution in [0.15, 0.2) is 53.1 Å². The van der Waals surface area contributed by atoms with E-state index in [9.17, 15) is 4.79 Å². The highest BCUT2D eigenvalue weighted by Crippen LogP contribution is 2.28. The van der Waals surface area contributed by atoms with E-state index >= 15 is 0 Å². The van der Waals surface area contributed by atoms with E-state index in [-0.39, 0.29) is 11.6 Å². The SMILES string of the molecule is CCCCOc1ccc(NC(=O)c2coc(-c3ccc(Cl)c(Cl)c3)n2)cc1. The number of rotatable bonds is 7. The number of hydrogen-bond donors (Lipinski definition) is 1. The summed E-state index contributed by atoms with van der Waals surface area (Å²) in [7, 11) is 0. The summed E-state index contributed by atoms with van der Waals surface area (Å²) in [5, 5.41) is 3.60. The molecule has 3 rings (SSSR count). The Morgan fingerprint density at radius 3 is 2.63 bits per heavy atom. The topological polar surface area (TPSA) is 64.4 Å². The lowest BCUT2D eigenvalue weighted by atomic mass is 10.2. The minimum atomic E-state index is -0.371. The minimum Gasteiger partial charge on any atom is -0.494 e. The van der Waals surface area contributed by atoms with E-state index in [0.717, 1.165) is 18.6 Å². The van der Waals surface area contributed by atoms with Crippen LogP contribution in [-0.4, -0.2) is 17.5 Å². The van der Waals surface area contributed by atoms with Gasteiger partial charge in [0.25, 0.3) is 5.91 Å². The van der Waals surface area contributed by atoms with Crippen LogP contribution in [0.1, 0.15) is 30.3 Å². The van der Waals surface area contributed by atoms with Crippen molar-refractivity contribution in [2.45, 2.75) is 19.8 Å². The molecule has 0 bridgehead atoms. The molecule has 27 heavy (non-hydrogen) atoms. The molecule has 1 amide bonds. The van der Waals surface area contributed by atoms with Gasteiger partial charge in [-0.25, -0.2) is 4.98 Å². The Morgan fingerprint density at radius 2 is 1.93 bits per heavy atom. The van der Waals surface area contributed by atoms with Gasteiger partial charge in [-0.2, -0.15) is 0 Å². The molecule has 0 aliphatic rings. The molecule has 0 saturated carbocycles. The smallest absolute Gasteiger partial charge is 0.277 e. The van der Waals surface area contributed by atoms with Crippen molar-refractivity contribution in [2.24, 2.45) is 0 Å². The van der Waals surface area contributed by atoms with Crippen molar-refractivity contribution in [2.75, 3.05) is 11.9 Å². The van der Waals surface area contributed by atoms with Gasteiger partial charge in [-0.3, -0.25) is 4.79 Å². The average molecular weight is 405 g/mol. The number of amides is 1. The molecule has 0 saturated heterocycles. The summed E-state index contributed by atoms with van der Waals surface area (Å²) in [4.78, 5) is 16.6. The number of ether oxygens (including phenoxy) is 1. The van der Waals surface area contributed by atoms with Crippen LogP contribution in [0.3, 0.4) is 0 Å². The lowest BCUT2D eigenvalue weighted by Crippen LogP contribution is -2.12. The van der Waals surface area contributed by atoms with Crippen LogP contribution in [0, 0.1) is 0 Å². The maximum Gasteiger partial charge on any atom is 0.277 e. The minimum absolute atomic E-state index is 0.166. The van der Waals surface area contributed by atoms with E-state index in [0.29, 0.717) is 33.8 Å². The summed E-state index contributed by atoms with van der Waals surface area (Å²) in [5.74, 6) is 0.688. The van der Waals surface area contributed by atoms with Gasteiger partial charge in [0.05, 0.1) is 16.7 Å². The van der Waals surface area contributed by atoms with Crippen molar-refractivity contribution in [3.05, 3.63) is 64.5 Å². The van der Waals surface area contributed by atoms with Crippen molar-refractivity contribution in [3.8, 4) is 17.2 Å². The number of hydrogen-bond acceptors (Lipinski definition) is 4. The van der Waals surface area contributed by atoms with Crippen molar-refractivity contribution in [3.63, 3.8) is 0 Å². The van der Waals surface area contributed by atoms with E-state index in [1.165, 1.54) is 6.26 Å². The summed E-state index contributed by atoms with van der Waals surface area (Å²) in [6.45, 7) is 2.79. The van der Waals surface area contributed by atoms with Gasteiger partial charge < -0.3 is 14.5 Å². The van der Waals surface area contributed by atoms with Gasteiger partial charge in [-0.1, -0.05) is 36.5 Å². The van der Waals surface area contributed by atoms with Crippen LogP contribution >= 0.6 is 23.2 Å². The van der Waals surface area contributed by atoms with Gasteiger partial charge in [0.1, 0.15) is 12.0 Å². The predicted octanol–water partition coefficient (Wildman–Crippen LogP) is 6.08. The highest BCUT2D eigenvalue weighted by atomic mass is 35.5. The zero-order chi connectivity index (χ0) is 19.2. The van der Waals surface area contributed by atoms with Crippen LogP contribution in [0.5, 0.6) is 5.75 Å². The Bertz CT molecular complexity index is 923. The lowest BCUT2D eigenvalue weighted by molar-refractivity contribution is 0.102. The first kappa shape index (κ1) is 19.3. The third kappa shape index (κ3) is 5.02. The van der Waals surface area contributed by atoms with Crippen LogP contribution in [0.2, 0.25) is 10.0 Å². The zero-order valence-electron chi connectivity index (χ0n) is 14.7. The summed E-state index contributed by atoms with van der Waals surface area (Å²) in [5.41, 5.74) is 1.44. The first-order valence-electron chi connectivity index (χ1n) is 8.52. The molecule has 1 N–H and O–H groups in total. The summed E-state index contributed by atoms with van der Waals surface area (Å²) < 4.78 is 11.0. The third-order valence-electron chi connectivity index (χ3n) is 3.78. The van der Waals surface area contributed by atoms with E-state index < -0.39 is 0 Å². The van der Waals surface area contributed by atoms with E-state index in [2.05, 4.69) is 17.2 Å². The number of benzene rings is 2. The largest absolute Gasteiger partial charge is 0.494 e. The van der Waals surface area contributed by atoms with E-state index in [1.54, 1.807) is 30.3 Å². The second-order valence-electron chi connectivity index (χ2n) is 5.85. The Balaban J connectivity index is 1.64. The van der Waals surface area contributed by atoms with Crippen molar-refractivity contribution in [1.29, 1.82) is 0 Å². The van der Waals surface area contributed by atoms with Gasteiger partial charge in [-0.05, 0) is 48.9 Å². The van der Waals surface area contributed by atoms with E-state index in [4.69, 9.17) is 32.4 Å². The highest BCUT2D eigenvalue weighted by Gasteiger charge is 2.14. The molecule has 140 valence electrons. The number of aromatic nitrogens is 1. The van der Waals surface area contributed by atoms with Crippen molar-refractivity contribution in [1.82, 2.24) is 4.98 Å². The fourth-order valence-electron chi connectivity index (χ4n) is 2.30. The molecule has 0 aliphatic carbocycles. The summed E-state index contributed by atoms with van der Waals surface area (Å²) in [6.07, 6.45) is 3.39. The zero-order valence-corrected chi connectivity index (χ0v) is 16.2. The number of carbonyl (C=O) groups excluding carboxylic acids is 1. The highest BCUT2D eigenvalue weighted by molar-refractivity contribution is 6.42. The molecule has 3 aromatic rings. The van der Waals surface area contributed by atoms with Gasteiger partial charge >= 0.3 is 0 Å². The number of nitrogens with zero attached hydrogens (tertiary/aromatic N) is 1. The molecule has 0 aliphatic heterocycles. The van der Waals surface area contributed by atoms with E-state index in [1.807, 2.05) is 12.1 Å². The second-order valence-corrected chi connectivity index (χ2v) is 6.66. The average Bonchev–Trinajstić information content (AvgIpc) is 3.16. The Hall–Kier alpha value is -2.50. The number of anilines is 1. The van der Waals surface area contributed by atoms with Crippen molar-refractivity contribution >= 4 is 34.8 Å². The van der Waals surface area contributed by atoms with Gasteiger partial charge in [0, 0.05) is 11.3 Å². The number of halogens is 2. The molecule has 0 fully saturated rings. The molecule has 1 heterocycles. The molecule has 5 nitrogen and oxygen atoms in total. The maximum absolute atomic E-state index is 12.4. The quantitative estimate of drug-likeness (QED) is 0.484. The third-order valence-corrected chi connectivity index (χ3v) is 4.52. The van der Waals surface area contributed by atoms with Crippen LogP contribution < -0.4 is 10.1 Å². The molecule has 0 radical (unpaired) electrons. The van der Waals surface area contributed by atoms with Crippen LogP contribution in [-0.2, 0) is 0 Å². The lowest BCUT2D eigenvalue weighted by Gasteiger charge is -2.07. The first-order chi connectivity index (χ1) is 13.1. The van der Waals surface area contributed by atoms with Gasteiger partial charge in [0.15, 0.2) is 5.69 Å². The Labute approximate surface area is 167 Å². The molecule has 0 unspecified atom stereocenters. The number of carbonyl (C=O) groups is 1. The van der Waals surface area contributed by atoms with Crippen molar-refractivity contribution < 1.29 is 13.9 Å². The van der Waals surface area contributed by atoms with Gasteiger partial charge in [0.2, 0.25) is 5.89 Å². The molecule has 7 heteroatoms. The number of unbranched alkanes of at least 4 members (excludes halogenated alkanes) is 1. The normalized spacial score (nSPS) is 10.6. The Kier molecular flexibility index (Phi) is 6.37. The molecule has 2 aromatic carbocycles. The fourth-order valence-corrected chi connectivity index (χ4v) is 2.60. The monoisotopic (exact) mass is 404 g/mol. The standard InChI is InChI=1S/C20H18Cl2N2O3/c1-2-3-10-26-15-7-5-14(6-8-15)23-19(25)18-12-27-20(24-18)13-4-9-16(21)17(22)11-13/h4-9,11-12H,2-3,10H2,1H3,(H,23,25). The fraction of sp³-hybridized carbons (Fsp3) is 0.200. The first-order valence-corrected chi connectivity index (χ1v) is 9.27. The predicted molar refractivity (Wildman–Crippen MR) is 107 cm³/mol. The number of nitrogens with one attached hydrogen (secondary N) is 1. The Morgan fingerprint density at radius 1 is 1.15 bits per heavy atom. The molecular formula is C20H18Cl2N2O3. The molecule has 1 aromatic heterocycles. The summed E-state index contributed by atoms with van der Waals surface area (Å²) >= 11 is 11.9. The van der Waals surface area contributed by atoms with Crippen LogP contribution in [0.25, 0.3) is 11.5 Å².